The Morgan fingerprint density at radius 1 is 1.05 bits per heavy atom. The van der Waals surface area contributed by atoms with Crippen molar-refractivity contribution in [2.75, 3.05) is 20.8 Å². The first kappa shape index (κ1) is 25.8. The first-order valence-corrected chi connectivity index (χ1v) is 14.1. The predicted molar refractivity (Wildman–Crippen MR) is 156 cm³/mol. The minimum absolute atomic E-state index is 0.0415. The number of thiophene rings is 1. The van der Waals surface area contributed by atoms with Crippen LogP contribution >= 0.6 is 22.9 Å². The maximum Gasteiger partial charge on any atom is 0.248 e. The molecule has 4 aromatic rings. The van der Waals surface area contributed by atoms with E-state index in [1.807, 2.05) is 25.1 Å². The monoisotopic (exact) mass is 560 g/mol. The van der Waals surface area contributed by atoms with E-state index in [2.05, 4.69) is 40.3 Å². The van der Waals surface area contributed by atoms with Crippen molar-refractivity contribution in [2.45, 2.75) is 39.4 Å². The normalized spacial score (nSPS) is 15.5. The highest BCUT2D eigenvalue weighted by Crippen LogP contribution is 2.46. The van der Waals surface area contributed by atoms with Crippen LogP contribution in [-0.4, -0.2) is 47.3 Å². The number of carbonyl (C=O) groups excluding carboxylic acids is 1. The van der Waals surface area contributed by atoms with Crippen molar-refractivity contribution in [3.05, 3.63) is 75.3 Å². The van der Waals surface area contributed by atoms with Crippen LogP contribution in [0.4, 0.5) is 0 Å². The number of hydrazone groups is 1. The number of ether oxygens (including phenoxy) is 2. The van der Waals surface area contributed by atoms with Crippen LogP contribution in [0.2, 0.25) is 5.02 Å². The van der Waals surface area contributed by atoms with Gasteiger partial charge in [-0.25, -0.2) is 9.99 Å². The van der Waals surface area contributed by atoms with Gasteiger partial charge in [-0.1, -0.05) is 48.0 Å². The third kappa shape index (κ3) is 4.88. The number of hydrogen-bond acceptors (Lipinski definition) is 7. The molecule has 0 saturated heterocycles. The predicted octanol–water partition coefficient (Wildman–Crippen LogP) is 6.30. The molecule has 0 fully saturated rings. The summed E-state index contributed by atoms with van der Waals surface area (Å²) in [6.07, 6.45) is 1.24. The topological polar surface area (TPSA) is 67.3 Å². The molecular weight excluding hydrogens is 532 g/mol. The van der Waals surface area contributed by atoms with E-state index in [9.17, 15) is 4.79 Å². The minimum atomic E-state index is -0.0415. The van der Waals surface area contributed by atoms with Crippen LogP contribution in [0.5, 0.6) is 11.5 Å². The van der Waals surface area contributed by atoms with Crippen LogP contribution in [0.3, 0.4) is 0 Å². The molecule has 0 saturated carbocycles. The van der Waals surface area contributed by atoms with Gasteiger partial charge in [0, 0.05) is 41.2 Å². The van der Waals surface area contributed by atoms with Crippen LogP contribution < -0.4 is 9.47 Å². The molecule has 2 aromatic heterocycles. The molecule has 7 nitrogen and oxygen atoms in total. The lowest BCUT2D eigenvalue weighted by molar-refractivity contribution is -0.129. The largest absolute Gasteiger partial charge is 0.493 e. The second-order valence-electron chi connectivity index (χ2n) is 9.91. The Labute approximate surface area is 236 Å². The van der Waals surface area contributed by atoms with E-state index in [-0.39, 0.29) is 12.5 Å². The van der Waals surface area contributed by atoms with Gasteiger partial charge < -0.3 is 9.47 Å². The fraction of sp³-hybridized carbons (Fsp3) is 0.300. The highest BCUT2D eigenvalue weighted by Gasteiger charge is 2.29. The van der Waals surface area contributed by atoms with Crippen molar-refractivity contribution in [1.29, 1.82) is 0 Å². The number of aromatic nitrogens is 1. The third-order valence-electron chi connectivity index (χ3n) is 7.28. The van der Waals surface area contributed by atoms with Crippen LogP contribution in [0, 0.1) is 0 Å². The first-order valence-electron chi connectivity index (χ1n) is 12.9. The van der Waals surface area contributed by atoms with E-state index >= 15 is 0 Å². The van der Waals surface area contributed by atoms with Crippen molar-refractivity contribution < 1.29 is 14.3 Å². The second-order valence-corrected chi connectivity index (χ2v) is 11.4. The van der Waals surface area contributed by atoms with Gasteiger partial charge >= 0.3 is 0 Å². The van der Waals surface area contributed by atoms with E-state index < -0.39 is 0 Å². The molecule has 2 aliphatic rings. The third-order valence-corrected chi connectivity index (χ3v) is 8.80. The van der Waals surface area contributed by atoms with Gasteiger partial charge in [-0.15, -0.1) is 11.3 Å². The summed E-state index contributed by atoms with van der Waals surface area (Å²) >= 11 is 8.88. The lowest BCUT2D eigenvalue weighted by Crippen LogP contribution is -2.29. The molecule has 9 heteroatoms. The molecule has 6 rings (SSSR count). The zero-order valence-electron chi connectivity index (χ0n) is 22.2. The second kappa shape index (κ2) is 10.6. The van der Waals surface area contributed by atoms with Crippen LogP contribution in [-0.2, 0) is 30.8 Å². The molecule has 0 bridgehead atoms. The first-order chi connectivity index (χ1) is 18.9. The van der Waals surface area contributed by atoms with Gasteiger partial charge in [-0.05, 0) is 42.2 Å². The van der Waals surface area contributed by atoms with E-state index in [0.717, 1.165) is 53.1 Å². The maximum atomic E-state index is 12.5. The number of carbonyl (C=O) groups is 1. The summed E-state index contributed by atoms with van der Waals surface area (Å²) in [5, 5.41) is 7.51. The zero-order chi connectivity index (χ0) is 27.1. The van der Waals surface area contributed by atoms with Crippen molar-refractivity contribution in [3.63, 3.8) is 0 Å². The average molecular weight is 561 g/mol. The number of benzene rings is 2. The van der Waals surface area contributed by atoms with E-state index in [1.165, 1.54) is 21.0 Å². The molecule has 2 aromatic carbocycles. The summed E-state index contributed by atoms with van der Waals surface area (Å²) in [6.45, 7) is 4.81. The van der Waals surface area contributed by atoms with Crippen molar-refractivity contribution in [2.24, 2.45) is 5.10 Å². The average Bonchev–Trinajstić information content (AvgIpc) is 3.46. The Hall–Kier alpha value is -3.46. The van der Waals surface area contributed by atoms with Gasteiger partial charge in [-0.3, -0.25) is 9.69 Å². The van der Waals surface area contributed by atoms with Gasteiger partial charge in [0.15, 0.2) is 11.5 Å². The standard InChI is InChI=1S/C30H29ClN4O3S/c1-18-13-26(36)35(33-18)16-22-29(31)27(20-9-10-23(37-2)24(14-20)38-3)28-21-11-12-34(15-19-7-5-4-6-8-19)17-25(21)39-30(28)32-22/h4-10,14H,11-13,15-17H2,1-3H3. The van der Waals surface area contributed by atoms with Gasteiger partial charge in [0.1, 0.15) is 4.83 Å². The summed E-state index contributed by atoms with van der Waals surface area (Å²) in [4.78, 5) is 22.3. The molecule has 2 aliphatic heterocycles. The van der Waals surface area contributed by atoms with E-state index in [0.29, 0.717) is 28.6 Å². The molecule has 0 aliphatic carbocycles. The molecule has 200 valence electrons. The summed E-state index contributed by atoms with van der Waals surface area (Å²) < 4.78 is 11.1. The molecular formula is C30H29ClN4O3S. The van der Waals surface area contributed by atoms with Crippen molar-refractivity contribution in [3.8, 4) is 22.6 Å². The lowest BCUT2D eigenvalue weighted by Gasteiger charge is -2.27. The minimum Gasteiger partial charge on any atom is -0.493 e. The molecule has 0 radical (unpaired) electrons. The Balaban J connectivity index is 1.47. The molecule has 0 unspecified atom stereocenters. The summed E-state index contributed by atoms with van der Waals surface area (Å²) in [7, 11) is 3.25. The quantitative estimate of drug-likeness (QED) is 0.265. The van der Waals surface area contributed by atoms with Crippen molar-refractivity contribution in [1.82, 2.24) is 14.9 Å². The number of amides is 1. The molecule has 4 heterocycles. The molecule has 1 amide bonds. The summed E-state index contributed by atoms with van der Waals surface area (Å²) in [5.74, 6) is 1.24. The van der Waals surface area contributed by atoms with Crippen LogP contribution in [0.25, 0.3) is 21.3 Å². The number of methoxy groups -OCH3 is 2. The Bertz CT molecular complexity index is 1600. The Kier molecular flexibility index (Phi) is 7.01. The Morgan fingerprint density at radius 3 is 2.56 bits per heavy atom. The van der Waals surface area contributed by atoms with E-state index in [4.69, 9.17) is 26.1 Å². The van der Waals surface area contributed by atoms with E-state index in [1.54, 1.807) is 25.6 Å². The molecule has 0 atom stereocenters. The zero-order valence-corrected chi connectivity index (χ0v) is 23.7. The highest BCUT2D eigenvalue weighted by atomic mass is 35.5. The number of rotatable bonds is 7. The van der Waals surface area contributed by atoms with Crippen LogP contribution in [0.1, 0.15) is 35.0 Å². The number of halogens is 1. The smallest absolute Gasteiger partial charge is 0.248 e. The van der Waals surface area contributed by atoms with Gasteiger partial charge in [-0.2, -0.15) is 5.10 Å². The maximum absolute atomic E-state index is 12.5. The van der Waals surface area contributed by atoms with Crippen molar-refractivity contribution >= 4 is 44.8 Å². The number of nitrogens with zero attached hydrogens (tertiary/aromatic N) is 4. The number of fused-ring (bicyclic) bond motifs is 3. The van der Waals surface area contributed by atoms with Gasteiger partial charge in [0.25, 0.3) is 0 Å². The summed E-state index contributed by atoms with van der Waals surface area (Å²) in [5.41, 5.74) is 5.88. The highest BCUT2D eigenvalue weighted by molar-refractivity contribution is 7.19. The lowest BCUT2D eigenvalue weighted by atomic mass is 9.95. The Morgan fingerprint density at radius 2 is 1.85 bits per heavy atom. The molecule has 0 N–H and O–H groups in total. The SMILES string of the molecule is COc1ccc(-c2c(Cl)c(CN3N=C(C)CC3=O)nc3sc4c(c23)CCN(Cc2ccccc2)C4)cc1OC. The van der Waals surface area contributed by atoms with Crippen LogP contribution in [0.15, 0.2) is 53.6 Å². The van der Waals surface area contributed by atoms with Gasteiger partial charge in [0.05, 0.1) is 37.9 Å². The number of hydrogen-bond donors (Lipinski definition) is 0. The fourth-order valence-electron chi connectivity index (χ4n) is 5.42. The fourth-order valence-corrected chi connectivity index (χ4v) is 7.02. The van der Waals surface area contributed by atoms with Gasteiger partial charge in [0.2, 0.25) is 5.91 Å². The summed E-state index contributed by atoms with van der Waals surface area (Å²) in [6, 6.07) is 16.4. The molecule has 0 spiro atoms. The number of pyridine rings is 1. The molecule has 39 heavy (non-hydrogen) atoms.